The monoisotopic (exact) mass is 438 g/mol. The zero-order chi connectivity index (χ0) is 20.4. The van der Waals surface area contributed by atoms with Crippen molar-refractivity contribution >= 4 is 35.0 Å². The summed E-state index contributed by atoms with van der Waals surface area (Å²) in [5.41, 5.74) is 0.152. The molecule has 3 aliphatic rings. The second-order valence-electron chi connectivity index (χ2n) is 8.42. The van der Waals surface area contributed by atoms with Gasteiger partial charge in [0, 0.05) is 55.4 Å². The Morgan fingerprint density at radius 3 is 2.21 bits per heavy atom. The third-order valence-electron chi connectivity index (χ3n) is 6.79. The summed E-state index contributed by atoms with van der Waals surface area (Å²) in [6, 6.07) is 5.39. The molecule has 3 fully saturated rings. The summed E-state index contributed by atoms with van der Waals surface area (Å²) in [7, 11) is 0. The molecule has 1 aliphatic carbocycles. The molecule has 4 rings (SSSR count). The van der Waals surface area contributed by atoms with Gasteiger partial charge in [-0.2, -0.15) is 0 Å². The smallest absolute Gasteiger partial charge is 0.233 e. The summed E-state index contributed by atoms with van der Waals surface area (Å²) < 4.78 is 5.56. The second-order valence-corrected chi connectivity index (χ2v) is 9.26. The van der Waals surface area contributed by atoms with Crippen LogP contribution in [0.2, 0.25) is 10.0 Å². The molecule has 1 aromatic rings. The predicted octanol–water partition coefficient (Wildman–Crippen LogP) is 3.90. The van der Waals surface area contributed by atoms with E-state index in [1.807, 2.05) is 15.9 Å². The maximum absolute atomic E-state index is 13.7. The fourth-order valence-electron chi connectivity index (χ4n) is 5.06. The number of piperazine rings is 1. The van der Waals surface area contributed by atoms with Gasteiger partial charge in [-0.15, -0.1) is 0 Å². The molecule has 158 valence electrons. The lowest BCUT2D eigenvalue weighted by Gasteiger charge is -2.43. The minimum absolute atomic E-state index is 0.0954. The van der Waals surface area contributed by atoms with E-state index in [2.05, 4.69) is 0 Å². The van der Waals surface area contributed by atoms with Crippen molar-refractivity contribution in [2.24, 2.45) is 5.92 Å². The lowest BCUT2D eigenvalue weighted by atomic mass is 9.72. The van der Waals surface area contributed by atoms with Crippen LogP contribution in [-0.2, 0) is 19.7 Å². The third kappa shape index (κ3) is 4.14. The highest BCUT2D eigenvalue weighted by Gasteiger charge is 2.46. The number of amides is 2. The van der Waals surface area contributed by atoms with Gasteiger partial charge in [0.05, 0.1) is 5.41 Å². The van der Waals surface area contributed by atoms with Crippen LogP contribution in [0.5, 0.6) is 0 Å². The largest absolute Gasteiger partial charge is 0.381 e. The van der Waals surface area contributed by atoms with E-state index in [9.17, 15) is 9.59 Å². The van der Waals surface area contributed by atoms with Gasteiger partial charge in [-0.3, -0.25) is 9.59 Å². The molecule has 2 amide bonds. The summed E-state index contributed by atoms with van der Waals surface area (Å²) in [5.74, 6) is 0.557. The Bertz CT molecular complexity index is 765. The lowest BCUT2D eigenvalue weighted by molar-refractivity contribution is -0.147. The number of carbonyl (C=O) groups excluding carboxylic acids is 2. The average molecular weight is 439 g/mol. The number of nitrogens with zero attached hydrogens (tertiary/aromatic N) is 2. The molecule has 29 heavy (non-hydrogen) atoms. The SMILES string of the molecule is O=C(C1CCCC1)N1CCN(C(=O)C2(c3ccc(Cl)cc3Cl)CCOCC2)CC1. The fourth-order valence-corrected chi connectivity index (χ4v) is 5.65. The molecular weight excluding hydrogens is 411 g/mol. The van der Waals surface area contributed by atoms with E-state index in [0.29, 0.717) is 62.3 Å². The molecule has 0 atom stereocenters. The lowest BCUT2D eigenvalue weighted by Crippen LogP contribution is -2.57. The molecule has 1 saturated carbocycles. The molecule has 2 saturated heterocycles. The first-order chi connectivity index (χ1) is 14.0. The Morgan fingerprint density at radius 2 is 1.59 bits per heavy atom. The van der Waals surface area contributed by atoms with Crippen molar-refractivity contribution in [3.05, 3.63) is 33.8 Å². The Balaban J connectivity index is 1.49. The van der Waals surface area contributed by atoms with Crippen molar-refractivity contribution in [1.29, 1.82) is 0 Å². The van der Waals surface area contributed by atoms with Crippen molar-refractivity contribution < 1.29 is 14.3 Å². The van der Waals surface area contributed by atoms with E-state index in [-0.39, 0.29) is 17.7 Å². The summed E-state index contributed by atoms with van der Waals surface area (Å²) in [4.78, 5) is 30.3. The van der Waals surface area contributed by atoms with Gasteiger partial charge in [0.25, 0.3) is 0 Å². The quantitative estimate of drug-likeness (QED) is 0.718. The van der Waals surface area contributed by atoms with Gasteiger partial charge in [0.1, 0.15) is 0 Å². The molecule has 0 unspecified atom stereocenters. The maximum Gasteiger partial charge on any atom is 0.233 e. The van der Waals surface area contributed by atoms with Crippen LogP contribution in [0.15, 0.2) is 18.2 Å². The number of ether oxygens (including phenoxy) is 1. The van der Waals surface area contributed by atoms with Crippen LogP contribution in [0.3, 0.4) is 0 Å². The summed E-state index contributed by atoms with van der Waals surface area (Å²) in [6.45, 7) is 3.44. The van der Waals surface area contributed by atoms with E-state index >= 15 is 0 Å². The van der Waals surface area contributed by atoms with Gasteiger partial charge in [-0.05, 0) is 43.4 Å². The highest BCUT2D eigenvalue weighted by Crippen LogP contribution is 2.41. The van der Waals surface area contributed by atoms with Gasteiger partial charge in [0.15, 0.2) is 0 Å². The standard InChI is InChI=1S/C22H28Cl2N2O3/c23-17-5-6-18(19(24)15-17)22(7-13-29-14-8-22)21(28)26-11-9-25(10-12-26)20(27)16-3-1-2-4-16/h5-6,15-16H,1-4,7-14H2. The van der Waals surface area contributed by atoms with Gasteiger partial charge in [-0.25, -0.2) is 0 Å². The zero-order valence-electron chi connectivity index (χ0n) is 16.7. The van der Waals surface area contributed by atoms with Gasteiger partial charge >= 0.3 is 0 Å². The summed E-state index contributed by atoms with van der Waals surface area (Å²) in [5, 5.41) is 1.09. The average Bonchev–Trinajstić information content (AvgIpc) is 3.28. The van der Waals surface area contributed by atoms with Crippen molar-refractivity contribution in [1.82, 2.24) is 9.80 Å². The Hall–Kier alpha value is -1.30. The van der Waals surface area contributed by atoms with Crippen LogP contribution < -0.4 is 0 Å². The van der Waals surface area contributed by atoms with Crippen LogP contribution in [0.4, 0.5) is 0 Å². The van der Waals surface area contributed by atoms with E-state index in [4.69, 9.17) is 27.9 Å². The number of hydrogen-bond donors (Lipinski definition) is 0. The fraction of sp³-hybridized carbons (Fsp3) is 0.636. The summed E-state index contributed by atoms with van der Waals surface area (Å²) >= 11 is 12.6. The number of hydrogen-bond acceptors (Lipinski definition) is 3. The molecule has 2 aliphatic heterocycles. The number of carbonyl (C=O) groups is 2. The molecule has 1 aromatic carbocycles. The van der Waals surface area contributed by atoms with Gasteiger partial charge < -0.3 is 14.5 Å². The van der Waals surface area contributed by atoms with Crippen LogP contribution >= 0.6 is 23.2 Å². The highest BCUT2D eigenvalue weighted by atomic mass is 35.5. The first-order valence-corrected chi connectivity index (χ1v) is 11.4. The van der Waals surface area contributed by atoms with Crippen LogP contribution in [0.25, 0.3) is 0 Å². The van der Waals surface area contributed by atoms with E-state index in [0.717, 1.165) is 31.2 Å². The molecule has 0 bridgehead atoms. The van der Waals surface area contributed by atoms with Crippen LogP contribution in [0, 0.1) is 5.92 Å². The molecule has 0 aromatic heterocycles. The van der Waals surface area contributed by atoms with Gasteiger partial charge in [0.2, 0.25) is 11.8 Å². The molecule has 0 N–H and O–H groups in total. The maximum atomic E-state index is 13.7. The molecule has 0 radical (unpaired) electrons. The van der Waals surface area contributed by atoms with Crippen molar-refractivity contribution in [3.63, 3.8) is 0 Å². The Morgan fingerprint density at radius 1 is 0.966 bits per heavy atom. The molecule has 0 spiro atoms. The first kappa shape index (κ1) is 21.0. The molecule has 2 heterocycles. The summed E-state index contributed by atoms with van der Waals surface area (Å²) in [6.07, 6.45) is 5.54. The highest BCUT2D eigenvalue weighted by molar-refractivity contribution is 6.35. The zero-order valence-corrected chi connectivity index (χ0v) is 18.2. The minimum Gasteiger partial charge on any atom is -0.381 e. The van der Waals surface area contributed by atoms with Crippen LogP contribution in [-0.4, -0.2) is 61.0 Å². The van der Waals surface area contributed by atoms with Crippen LogP contribution in [0.1, 0.15) is 44.1 Å². The van der Waals surface area contributed by atoms with Crippen molar-refractivity contribution in [2.75, 3.05) is 39.4 Å². The Labute approximate surface area is 182 Å². The first-order valence-electron chi connectivity index (χ1n) is 10.6. The Kier molecular flexibility index (Phi) is 6.38. The van der Waals surface area contributed by atoms with Gasteiger partial charge in [-0.1, -0.05) is 42.1 Å². The topological polar surface area (TPSA) is 49.9 Å². The number of halogens is 2. The van der Waals surface area contributed by atoms with Crippen molar-refractivity contribution in [2.45, 2.75) is 43.9 Å². The second kappa shape index (κ2) is 8.83. The predicted molar refractivity (Wildman–Crippen MR) is 113 cm³/mol. The normalized spacial score (nSPS) is 22.7. The minimum atomic E-state index is -0.683. The number of benzene rings is 1. The molecule has 5 nitrogen and oxygen atoms in total. The van der Waals surface area contributed by atoms with E-state index < -0.39 is 5.41 Å². The number of rotatable bonds is 3. The van der Waals surface area contributed by atoms with Crippen molar-refractivity contribution in [3.8, 4) is 0 Å². The third-order valence-corrected chi connectivity index (χ3v) is 7.33. The van der Waals surface area contributed by atoms with E-state index in [1.54, 1.807) is 12.1 Å². The van der Waals surface area contributed by atoms with E-state index in [1.165, 1.54) is 0 Å². The molecular formula is C22H28Cl2N2O3. The molecule has 7 heteroatoms.